The molecule has 0 aromatic carbocycles. The Morgan fingerprint density at radius 3 is 2.35 bits per heavy atom. The number of carbonyl (C=O) groups is 1. The Morgan fingerprint density at radius 1 is 0.941 bits per heavy atom. The summed E-state index contributed by atoms with van der Waals surface area (Å²) in [7, 11) is 0. The standard InChI is InChI=1S/C30H54N2O2/c1-19(2)31-15-16-32-22-11-13-30(6)26-12-14-29(5)24(20(3)7-8-21(4)33)9-10-25(29)23(26)18-28(34)27(30)17-22/h19-20,22-28,31-32,34H,7-18H2,1-6H3/t20-,22-,23?,24?,25?,26?,27?,28+,29?,30?/m1/s1. The predicted molar refractivity (Wildman–Crippen MR) is 141 cm³/mol. The van der Waals surface area contributed by atoms with E-state index in [0.29, 0.717) is 46.5 Å². The summed E-state index contributed by atoms with van der Waals surface area (Å²) in [6, 6.07) is 1.10. The highest BCUT2D eigenvalue weighted by Gasteiger charge is 2.62. The van der Waals surface area contributed by atoms with E-state index in [1.54, 1.807) is 6.92 Å². The van der Waals surface area contributed by atoms with Crippen LogP contribution in [0.2, 0.25) is 0 Å². The van der Waals surface area contributed by atoms with Crippen LogP contribution in [0.15, 0.2) is 0 Å². The van der Waals surface area contributed by atoms with Crippen LogP contribution in [-0.2, 0) is 4.79 Å². The molecule has 4 aliphatic carbocycles. The average Bonchev–Trinajstić information content (AvgIpc) is 3.13. The number of nitrogens with one attached hydrogen (secondary N) is 2. The topological polar surface area (TPSA) is 61.4 Å². The number of ketones is 1. The monoisotopic (exact) mass is 474 g/mol. The second-order valence-corrected chi connectivity index (χ2v) is 13.8. The first-order chi connectivity index (χ1) is 16.1. The second kappa shape index (κ2) is 10.5. The van der Waals surface area contributed by atoms with Crippen molar-refractivity contribution < 1.29 is 9.90 Å². The Balaban J connectivity index is 1.41. The fourth-order valence-electron chi connectivity index (χ4n) is 9.73. The van der Waals surface area contributed by atoms with E-state index in [1.165, 1.54) is 38.5 Å². The smallest absolute Gasteiger partial charge is 0.129 e. The van der Waals surface area contributed by atoms with Gasteiger partial charge in [-0.25, -0.2) is 0 Å². The summed E-state index contributed by atoms with van der Waals surface area (Å²) in [6.07, 6.45) is 11.7. The Morgan fingerprint density at radius 2 is 1.65 bits per heavy atom. The molecule has 10 atom stereocenters. The first-order valence-electron chi connectivity index (χ1n) is 14.7. The van der Waals surface area contributed by atoms with Crippen LogP contribution in [0.25, 0.3) is 0 Å². The van der Waals surface area contributed by atoms with E-state index in [-0.39, 0.29) is 6.10 Å². The fourth-order valence-corrected chi connectivity index (χ4v) is 9.73. The highest BCUT2D eigenvalue weighted by atomic mass is 16.3. The molecule has 0 aromatic rings. The number of Topliss-reactive ketones (excluding diaryl/α,β-unsaturated/α-hetero) is 1. The van der Waals surface area contributed by atoms with Crippen LogP contribution in [0.1, 0.15) is 106 Å². The lowest BCUT2D eigenvalue weighted by atomic mass is 9.43. The van der Waals surface area contributed by atoms with Gasteiger partial charge in [0.15, 0.2) is 0 Å². The maximum Gasteiger partial charge on any atom is 0.129 e. The fraction of sp³-hybridized carbons (Fsp3) is 0.967. The zero-order chi connectivity index (χ0) is 24.7. The zero-order valence-electron chi connectivity index (χ0n) is 23.0. The minimum atomic E-state index is -0.138. The van der Waals surface area contributed by atoms with Gasteiger partial charge in [-0.3, -0.25) is 0 Å². The summed E-state index contributed by atoms with van der Waals surface area (Å²) in [6.45, 7) is 15.7. The minimum Gasteiger partial charge on any atom is -0.393 e. The van der Waals surface area contributed by atoms with E-state index in [1.807, 2.05) is 0 Å². The molecule has 4 aliphatic rings. The Kier molecular flexibility index (Phi) is 8.22. The van der Waals surface area contributed by atoms with Crippen LogP contribution in [0.5, 0.6) is 0 Å². The number of aliphatic hydroxyl groups is 1. The number of fused-ring (bicyclic) bond motifs is 5. The molecular weight excluding hydrogens is 420 g/mol. The van der Waals surface area contributed by atoms with E-state index in [0.717, 1.165) is 56.5 Å². The quantitative estimate of drug-likeness (QED) is 0.382. The van der Waals surface area contributed by atoms with Crippen molar-refractivity contribution in [1.29, 1.82) is 0 Å². The molecule has 0 radical (unpaired) electrons. The van der Waals surface area contributed by atoms with E-state index in [4.69, 9.17) is 0 Å². The second-order valence-electron chi connectivity index (χ2n) is 13.8. The van der Waals surface area contributed by atoms with Crippen molar-refractivity contribution in [2.24, 2.45) is 46.3 Å². The molecule has 4 rings (SSSR count). The van der Waals surface area contributed by atoms with Gasteiger partial charge in [-0.2, -0.15) is 0 Å². The lowest BCUT2D eigenvalue weighted by Crippen LogP contribution is -2.59. The average molecular weight is 475 g/mol. The van der Waals surface area contributed by atoms with Crippen LogP contribution in [-0.4, -0.2) is 42.2 Å². The van der Waals surface area contributed by atoms with Gasteiger partial charge in [-0.05, 0) is 111 Å². The summed E-state index contributed by atoms with van der Waals surface area (Å²) >= 11 is 0. The largest absolute Gasteiger partial charge is 0.393 e. The van der Waals surface area contributed by atoms with Gasteiger partial charge in [0.25, 0.3) is 0 Å². The molecule has 0 saturated heterocycles. The highest BCUT2D eigenvalue weighted by Crippen LogP contribution is 2.68. The van der Waals surface area contributed by atoms with Gasteiger partial charge in [-0.15, -0.1) is 0 Å². The number of aliphatic hydroxyl groups excluding tert-OH is 1. The molecule has 0 heterocycles. The molecule has 4 fully saturated rings. The molecule has 196 valence electrons. The van der Waals surface area contributed by atoms with Gasteiger partial charge in [0, 0.05) is 31.6 Å². The molecule has 4 heteroatoms. The number of rotatable bonds is 9. The molecular formula is C30H54N2O2. The predicted octanol–water partition coefficient (Wildman–Crippen LogP) is 5.58. The number of carbonyl (C=O) groups excluding carboxylic acids is 1. The van der Waals surface area contributed by atoms with E-state index in [2.05, 4.69) is 45.3 Å². The Labute approximate surface area is 209 Å². The summed E-state index contributed by atoms with van der Waals surface area (Å²) in [5, 5.41) is 18.8. The third-order valence-electron chi connectivity index (χ3n) is 11.5. The van der Waals surface area contributed by atoms with Crippen molar-refractivity contribution in [2.75, 3.05) is 13.1 Å². The van der Waals surface area contributed by atoms with Crippen molar-refractivity contribution in [1.82, 2.24) is 10.6 Å². The first-order valence-corrected chi connectivity index (χ1v) is 14.7. The van der Waals surface area contributed by atoms with Gasteiger partial charge in [0.05, 0.1) is 6.10 Å². The number of hydrogen-bond donors (Lipinski definition) is 3. The zero-order valence-corrected chi connectivity index (χ0v) is 23.0. The Bertz CT molecular complexity index is 710. The van der Waals surface area contributed by atoms with Gasteiger partial charge in [0.2, 0.25) is 0 Å². The van der Waals surface area contributed by atoms with Crippen LogP contribution in [0.4, 0.5) is 0 Å². The van der Waals surface area contributed by atoms with Crippen LogP contribution in [0, 0.1) is 46.3 Å². The van der Waals surface area contributed by atoms with Crippen molar-refractivity contribution in [3.05, 3.63) is 0 Å². The van der Waals surface area contributed by atoms with E-state index >= 15 is 0 Å². The summed E-state index contributed by atoms with van der Waals surface area (Å²) in [4.78, 5) is 11.6. The SMILES string of the molecule is CC(=O)CC[C@@H](C)C1CCC2C3C[C@H](O)C4C[C@H](NCCNC(C)C)CCC4(C)C3CCC21C. The molecule has 0 spiro atoms. The molecule has 34 heavy (non-hydrogen) atoms. The number of hydrogen-bond acceptors (Lipinski definition) is 4. The maximum atomic E-state index is 11.6. The van der Waals surface area contributed by atoms with E-state index in [9.17, 15) is 9.90 Å². The maximum absolute atomic E-state index is 11.6. The van der Waals surface area contributed by atoms with E-state index < -0.39 is 0 Å². The molecule has 0 bridgehead atoms. The van der Waals surface area contributed by atoms with Crippen LogP contribution < -0.4 is 10.6 Å². The molecule has 0 aliphatic heterocycles. The molecule has 0 aromatic heterocycles. The van der Waals surface area contributed by atoms with Gasteiger partial charge in [0.1, 0.15) is 5.78 Å². The highest BCUT2D eigenvalue weighted by molar-refractivity contribution is 5.75. The van der Waals surface area contributed by atoms with Crippen LogP contribution >= 0.6 is 0 Å². The summed E-state index contributed by atoms with van der Waals surface area (Å²) < 4.78 is 0. The van der Waals surface area contributed by atoms with Gasteiger partial charge < -0.3 is 20.5 Å². The Hall–Kier alpha value is -0.450. The van der Waals surface area contributed by atoms with Crippen molar-refractivity contribution in [2.45, 2.75) is 124 Å². The lowest BCUT2D eigenvalue weighted by molar-refractivity contribution is -0.162. The third-order valence-corrected chi connectivity index (χ3v) is 11.5. The van der Waals surface area contributed by atoms with Crippen molar-refractivity contribution >= 4 is 5.78 Å². The normalized spacial score (nSPS) is 44.9. The van der Waals surface area contributed by atoms with Crippen LogP contribution in [0.3, 0.4) is 0 Å². The first kappa shape index (κ1) is 26.6. The summed E-state index contributed by atoms with van der Waals surface area (Å²) in [5.74, 6) is 4.42. The molecule has 4 nitrogen and oxygen atoms in total. The lowest BCUT2D eigenvalue weighted by Gasteiger charge is -2.62. The molecule has 7 unspecified atom stereocenters. The van der Waals surface area contributed by atoms with Crippen molar-refractivity contribution in [3.8, 4) is 0 Å². The van der Waals surface area contributed by atoms with Gasteiger partial charge >= 0.3 is 0 Å². The third kappa shape index (κ3) is 5.02. The van der Waals surface area contributed by atoms with Crippen molar-refractivity contribution in [3.63, 3.8) is 0 Å². The van der Waals surface area contributed by atoms with Gasteiger partial charge in [-0.1, -0.05) is 34.6 Å². The molecule has 0 amide bonds. The molecule has 4 saturated carbocycles. The molecule has 3 N–H and O–H groups in total. The summed E-state index contributed by atoms with van der Waals surface area (Å²) in [5.41, 5.74) is 0.707. The minimum absolute atomic E-state index is 0.138.